The normalized spacial score (nSPS) is 12.3. The monoisotopic (exact) mass is 604 g/mol. The quantitative estimate of drug-likeness (QED) is 0.185. The lowest BCUT2D eigenvalue weighted by atomic mass is 10.1. The zero-order chi connectivity index (χ0) is 30.6. The molecule has 0 aliphatic heterocycles. The largest absolute Gasteiger partial charge is 0.418 e. The van der Waals surface area contributed by atoms with Crippen molar-refractivity contribution in [3.05, 3.63) is 96.1 Å². The molecule has 0 fully saturated rings. The molecule has 218 valence electrons. The SMILES string of the molecule is FC(F)(F)c1cccc2ccc(-c3nnc(-c4cccc(-c5nnc(-c6ccc7cccc(C(F)(F)F)c7n6)o5)c4)o3)nc12. The van der Waals surface area contributed by atoms with Gasteiger partial charge in [0.25, 0.3) is 11.8 Å². The standard InChI is InChI=1S/C30H14F6N6O2/c31-29(32,33)19-8-2-4-15-10-12-21(37-23(15)19)27-41-39-25(43-27)17-6-1-7-18(14-17)26-40-42-28(44-26)22-13-11-16-5-3-9-20(24(16)38-22)30(34,35)36/h1-14H. The molecule has 7 aromatic rings. The first kappa shape index (κ1) is 27.2. The fourth-order valence-corrected chi connectivity index (χ4v) is 4.66. The smallest absolute Gasteiger partial charge is 0.415 e. The number of para-hydroxylation sites is 2. The molecule has 0 unspecified atom stereocenters. The number of pyridine rings is 2. The predicted molar refractivity (Wildman–Crippen MR) is 145 cm³/mol. The van der Waals surface area contributed by atoms with E-state index < -0.39 is 23.5 Å². The fourth-order valence-electron chi connectivity index (χ4n) is 4.66. The molecular formula is C30H14F6N6O2. The molecule has 0 aliphatic rings. The van der Waals surface area contributed by atoms with Crippen molar-refractivity contribution >= 4 is 21.8 Å². The summed E-state index contributed by atoms with van der Waals surface area (Å²) in [5.74, 6) is -0.0955. The van der Waals surface area contributed by atoms with Crippen molar-refractivity contribution in [1.29, 1.82) is 0 Å². The first-order chi connectivity index (χ1) is 21.0. The van der Waals surface area contributed by atoms with Gasteiger partial charge in [0.05, 0.1) is 22.2 Å². The van der Waals surface area contributed by atoms with Crippen LogP contribution >= 0.6 is 0 Å². The van der Waals surface area contributed by atoms with E-state index >= 15 is 0 Å². The number of halogens is 6. The maximum absolute atomic E-state index is 13.5. The molecule has 0 N–H and O–H groups in total. The van der Waals surface area contributed by atoms with Crippen LogP contribution in [0, 0.1) is 0 Å². The fraction of sp³-hybridized carbons (Fsp3) is 0.0667. The van der Waals surface area contributed by atoms with Gasteiger partial charge in [0.1, 0.15) is 11.4 Å². The van der Waals surface area contributed by atoms with Gasteiger partial charge in [0.15, 0.2) is 0 Å². The summed E-state index contributed by atoms with van der Waals surface area (Å²) in [5.41, 5.74) is -1.30. The van der Waals surface area contributed by atoms with Crippen molar-refractivity contribution in [2.24, 2.45) is 0 Å². The van der Waals surface area contributed by atoms with Crippen LogP contribution in [0.1, 0.15) is 11.1 Å². The Bertz CT molecular complexity index is 2040. The maximum Gasteiger partial charge on any atom is 0.418 e. The minimum absolute atomic E-state index is 0.0449. The van der Waals surface area contributed by atoms with Gasteiger partial charge in [0, 0.05) is 21.9 Å². The summed E-state index contributed by atoms with van der Waals surface area (Å²) < 4.78 is 92.6. The van der Waals surface area contributed by atoms with E-state index in [0.717, 1.165) is 12.1 Å². The maximum atomic E-state index is 13.5. The molecule has 0 bridgehead atoms. The molecule has 7 rings (SSSR count). The van der Waals surface area contributed by atoms with Crippen LogP contribution in [0.4, 0.5) is 26.3 Å². The third-order valence-corrected chi connectivity index (χ3v) is 6.70. The van der Waals surface area contributed by atoms with Crippen molar-refractivity contribution in [1.82, 2.24) is 30.4 Å². The van der Waals surface area contributed by atoms with Crippen LogP contribution in [0.5, 0.6) is 0 Å². The number of hydrogen-bond acceptors (Lipinski definition) is 8. The lowest BCUT2D eigenvalue weighted by molar-refractivity contribution is -0.137. The Labute approximate surface area is 242 Å². The number of fused-ring (bicyclic) bond motifs is 2. The first-order valence-electron chi connectivity index (χ1n) is 12.8. The van der Waals surface area contributed by atoms with Crippen LogP contribution in [0.15, 0.2) is 93.8 Å². The van der Waals surface area contributed by atoms with E-state index in [1.165, 1.54) is 48.5 Å². The van der Waals surface area contributed by atoms with E-state index in [2.05, 4.69) is 30.4 Å². The second-order valence-corrected chi connectivity index (χ2v) is 9.55. The van der Waals surface area contributed by atoms with E-state index in [1.807, 2.05) is 0 Å². The van der Waals surface area contributed by atoms with Gasteiger partial charge < -0.3 is 8.83 Å². The lowest BCUT2D eigenvalue weighted by Gasteiger charge is -2.09. The molecular weight excluding hydrogens is 590 g/mol. The molecule has 44 heavy (non-hydrogen) atoms. The summed E-state index contributed by atoms with van der Waals surface area (Å²) in [6, 6.07) is 20.0. The molecule has 3 aromatic carbocycles. The summed E-state index contributed by atoms with van der Waals surface area (Å²) in [7, 11) is 0. The van der Waals surface area contributed by atoms with Gasteiger partial charge in [-0.25, -0.2) is 9.97 Å². The molecule has 0 amide bonds. The topological polar surface area (TPSA) is 104 Å². The zero-order valence-corrected chi connectivity index (χ0v) is 21.9. The molecule has 8 nitrogen and oxygen atoms in total. The highest BCUT2D eigenvalue weighted by atomic mass is 19.4. The van der Waals surface area contributed by atoms with E-state index in [-0.39, 0.29) is 46.0 Å². The summed E-state index contributed by atoms with van der Waals surface area (Å²) in [6.45, 7) is 0. The van der Waals surface area contributed by atoms with Gasteiger partial charge in [0.2, 0.25) is 11.8 Å². The molecule has 4 aromatic heterocycles. The van der Waals surface area contributed by atoms with Gasteiger partial charge in [-0.1, -0.05) is 42.5 Å². The number of hydrogen-bond donors (Lipinski definition) is 0. The van der Waals surface area contributed by atoms with Crippen LogP contribution in [0.2, 0.25) is 0 Å². The Morgan fingerprint density at radius 3 is 1.30 bits per heavy atom. The molecule has 0 saturated heterocycles. The van der Waals surface area contributed by atoms with Crippen LogP contribution < -0.4 is 0 Å². The zero-order valence-electron chi connectivity index (χ0n) is 21.9. The molecule has 4 heterocycles. The minimum Gasteiger partial charge on any atom is -0.415 e. The van der Waals surface area contributed by atoms with Crippen LogP contribution in [-0.2, 0) is 12.4 Å². The Balaban J connectivity index is 1.19. The first-order valence-corrected chi connectivity index (χ1v) is 12.8. The molecule has 0 spiro atoms. The van der Waals surface area contributed by atoms with Gasteiger partial charge in [-0.3, -0.25) is 0 Å². The van der Waals surface area contributed by atoms with Crippen molar-refractivity contribution in [3.63, 3.8) is 0 Å². The van der Waals surface area contributed by atoms with Gasteiger partial charge in [-0.15, -0.1) is 20.4 Å². The third-order valence-electron chi connectivity index (χ3n) is 6.70. The highest BCUT2D eigenvalue weighted by Gasteiger charge is 2.34. The van der Waals surface area contributed by atoms with Crippen LogP contribution in [0.25, 0.3) is 67.9 Å². The number of benzene rings is 3. The van der Waals surface area contributed by atoms with Crippen molar-refractivity contribution in [2.45, 2.75) is 12.4 Å². The average molecular weight is 604 g/mol. The number of aromatic nitrogens is 6. The Morgan fingerprint density at radius 1 is 0.455 bits per heavy atom. The third kappa shape index (κ3) is 4.89. The predicted octanol–water partition coefficient (Wildman–Crippen LogP) is 8.25. The highest BCUT2D eigenvalue weighted by Crippen LogP contribution is 2.37. The van der Waals surface area contributed by atoms with E-state index in [0.29, 0.717) is 21.9 Å². The molecule has 14 heteroatoms. The molecule has 0 atom stereocenters. The van der Waals surface area contributed by atoms with Gasteiger partial charge in [-0.2, -0.15) is 26.3 Å². The number of rotatable bonds is 4. The second-order valence-electron chi connectivity index (χ2n) is 9.55. The number of alkyl halides is 6. The van der Waals surface area contributed by atoms with E-state index in [1.54, 1.807) is 24.3 Å². The van der Waals surface area contributed by atoms with Crippen molar-refractivity contribution in [3.8, 4) is 46.1 Å². The lowest BCUT2D eigenvalue weighted by Crippen LogP contribution is -2.06. The van der Waals surface area contributed by atoms with Gasteiger partial charge >= 0.3 is 12.4 Å². The molecule has 0 saturated carbocycles. The summed E-state index contributed by atoms with van der Waals surface area (Å²) in [5, 5.41) is 16.5. The molecule has 0 radical (unpaired) electrons. The summed E-state index contributed by atoms with van der Waals surface area (Å²) in [4.78, 5) is 8.27. The van der Waals surface area contributed by atoms with E-state index in [9.17, 15) is 26.3 Å². The Hall–Kier alpha value is -5.66. The minimum atomic E-state index is -4.60. The van der Waals surface area contributed by atoms with Crippen molar-refractivity contribution in [2.75, 3.05) is 0 Å². The summed E-state index contributed by atoms with van der Waals surface area (Å²) in [6.07, 6.45) is -9.20. The van der Waals surface area contributed by atoms with Gasteiger partial charge in [-0.05, 0) is 42.5 Å². The summed E-state index contributed by atoms with van der Waals surface area (Å²) >= 11 is 0. The van der Waals surface area contributed by atoms with Crippen LogP contribution in [-0.4, -0.2) is 30.4 Å². The Kier molecular flexibility index (Phi) is 6.16. The Morgan fingerprint density at radius 2 is 0.864 bits per heavy atom. The second kappa shape index (κ2) is 9.97. The van der Waals surface area contributed by atoms with Crippen LogP contribution in [0.3, 0.4) is 0 Å². The average Bonchev–Trinajstić information content (AvgIpc) is 3.70. The number of nitrogens with zero attached hydrogens (tertiary/aromatic N) is 6. The van der Waals surface area contributed by atoms with E-state index in [4.69, 9.17) is 8.83 Å². The molecule has 0 aliphatic carbocycles. The highest BCUT2D eigenvalue weighted by molar-refractivity contribution is 5.85. The van der Waals surface area contributed by atoms with Crippen molar-refractivity contribution < 1.29 is 35.2 Å².